The molecule has 4 rings (SSSR count). The van der Waals surface area contributed by atoms with Gasteiger partial charge in [0, 0.05) is 37.0 Å². The van der Waals surface area contributed by atoms with Crippen molar-refractivity contribution in [2.75, 3.05) is 25.5 Å². The molecule has 1 saturated heterocycles. The Morgan fingerprint density at radius 1 is 1.34 bits per heavy atom. The molecule has 3 aromatic rings. The Hall–Kier alpha value is -4.50. The molecule has 2 atom stereocenters. The number of phenols is 1. The highest BCUT2D eigenvalue weighted by Gasteiger charge is 2.47. The van der Waals surface area contributed by atoms with Crippen molar-refractivity contribution in [3.8, 4) is 22.9 Å². The van der Waals surface area contributed by atoms with E-state index in [4.69, 9.17) is 5.73 Å². The molecule has 10 nitrogen and oxygen atoms in total. The van der Waals surface area contributed by atoms with E-state index in [2.05, 4.69) is 15.2 Å². The SMILES string of the molecule is COC(=O)Nc1nn(C2(CC#N)CCN(Cc3cc(O)c(-c4ccccc4)cc3F)CC2F)cc1C(N)=O. The summed E-state index contributed by atoms with van der Waals surface area (Å²) >= 11 is 0. The number of nitrogens with one attached hydrogen (secondary N) is 1. The number of carbonyl (C=O) groups is 2. The number of phenolic OH excluding ortho intramolecular Hbond substituents is 1. The molecule has 1 aromatic heterocycles. The number of likely N-dealkylation sites (tertiary alicyclic amines) is 1. The van der Waals surface area contributed by atoms with Gasteiger partial charge in [0.2, 0.25) is 0 Å². The summed E-state index contributed by atoms with van der Waals surface area (Å²) in [5.74, 6) is -1.76. The number of hydrogen-bond donors (Lipinski definition) is 3. The number of piperidine rings is 1. The van der Waals surface area contributed by atoms with Gasteiger partial charge in [0.25, 0.3) is 5.91 Å². The zero-order valence-corrected chi connectivity index (χ0v) is 20.5. The molecule has 0 radical (unpaired) electrons. The number of benzene rings is 2. The Morgan fingerprint density at radius 3 is 2.71 bits per heavy atom. The minimum absolute atomic E-state index is 0.0261. The van der Waals surface area contributed by atoms with Crippen LogP contribution in [0.2, 0.25) is 0 Å². The number of methoxy groups -OCH3 is 1. The number of aromatic nitrogens is 2. The second-order valence-electron chi connectivity index (χ2n) is 9.03. The van der Waals surface area contributed by atoms with E-state index in [9.17, 15) is 24.3 Å². The van der Waals surface area contributed by atoms with Crippen LogP contribution in [-0.4, -0.2) is 58.2 Å². The monoisotopic (exact) mass is 524 g/mol. The van der Waals surface area contributed by atoms with Gasteiger partial charge in [-0.2, -0.15) is 10.4 Å². The number of nitrogens with two attached hydrogens (primary N) is 1. The van der Waals surface area contributed by atoms with Crippen LogP contribution in [0, 0.1) is 17.1 Å². The number of ether oxygens (including phenoxy) is 1. The lowest BCUT2D eigenvalue weighted by atomic mass is 9.83. The third kappa shape index (κ3) is 5.14. The van der Waals surface area contributed by atoms with Crippen molar-refractivity contribution in [3.05, 3.63) is 65.6 Å². The van der Waals surface area contributed by atoms with Gasteiger partial charge in [-0.05, 0) is 24.1 Å². The predicted molar refractivity (Wildman–Crippen MR) is 133 cm³/mol. The third-order valence-electron chi connectivity index (χ3n) is 6.73. The van der Waals surface area contributed by atoms with Gasteiger partial charge in [0.15, 0.2) is 5.82 Å². The molecule has 0 bridgehead atoms. The van der Waals surface area contributed by atoms with E-state index in [1.807, 2.05) is 12.1 Å². The Labute approximate surface area is 217 Å². The summed E-state index contributed by atoms with van der Waals surface area (Å²) in [4.78, 5) is 25.3. The lowest BCUT2D eigenvalue weighted by Gasteiger charge is -2.43. The summed E-state index contributed by atoms with van der Waals surface area (Å²) in [6.07, 6.45) is -1.53. The number of nitrogens with zero attached hydrogens (tertiary/aromatic N) is 4. The molecule has 0 spiro atoms. The lowest BCUT2D eigenvalue weighted by Crippen LogP contribution is -2.54. The number of aromatic hydroxyl groups is 1. The highest BCUT2D eigenvalue weighted by Crippen LogP contribution is 2.38. The molecule has 0 aliphatic carbocycles. The van der Waals surface area contributed by atoms with Gasteiger partial charge in [-0.25, -0.2) is 13.6 Å². The smallest absolute Gasteiger partial charge is 0.412 e. The van der Waals surface area contributed by atoms with Crippen LogP contribution in [0.1, 0.15) is 28.8 Å². The molecule has 1 fully saturated rings. The Morgan fingerprint density at radius 2 is 2.08 bits per heavy atom. The molecule has 0 saturated carbocycles. The van der Waals surface area contributed by atoms with Gasteiger partial charge in [-0.1, -0.05) is 30.3 Å². The topological polar surface area (TPSA) is 146 Å². The van der Waals surface area contributed by atoms with E-state index >= 15 is 4.39 Å². The van der Waals surface area contributed by atoms with Crippen LogP contribution < -0.4 is 11.1 Å². The van der Waals surface area contributed by atoms with Crippen molar-refractivity contribution in [1.29, 1.82) is 5.26 Å². The molecule has 2 aromatic carbocycles. The minimum atomic E-state index is -1.65. The first-order valence-electron chi connectivity index (χ1n) is 11.7. The lowest BCUT2D eigenvalue weighted by molar-refractivity contribution is 0.00658. The van der Waals surface area contributed by atoms with Crippen LogP contribution in [0.15, 0.2) is 48.7 Å². The molecule has 2 amide bonds. The van der Waals surface area contributed by atoms with E-state index in [-0.39, 0.29) is 55.2 Å². The van der Waals surface area contributed by atoms with E-state index < -0.39 is 29.5 Å². The van der Waals surface area contributed by atoms with Crippen LogP contribution in [0.25, 0.3) is 11.1 Å². The molecular weight excluding hydrogens is 498 g/mol. The van der Waals surface area contributed by atoms with Crippen molar-refractivity contribution in [3.63, 3.8) is 0 Å². The van der Waals surface area contributed by atoms with Crippen LogP contribution >= 0.6 is 0 Å². The summed E-state index contributed by atoms with van der Waals surface area (Å²) < 4.78 is 36.5. The molecule has 198 valence electrons. The van der Waals surface area contributed by atoms with E-state index in [1.165, 1.54) is 18.3 Å². The number of nitriles is 1. The largest absolute Gasteiger partial charge is 0.507 e. The summed E-state index contributed by atoms with van der Waals surface area (Å²) in [6.45, 7) is 0.112. The fraction of sp³-hybridized carbons (Fsp3) is 0.308. The number of rotatable bonds is 7. The third-order valence-corrected chi connectivity index (χ3v) is 6.73. The fourth-order valence-electron chi connectivity index (χ4n) is 4.65. The second kappa shape index (κ2) is 10.9. The first kappa shape index (κ1) is 26.6. The zero-order chi connectivity index (χ0) is 27.4. The number of primary amides is 1. The summed E-state index contributed by atoms with van der Waals surface area (Å²) in [5.41, 5.74) is 4.98. The molecule has 38 heavy (non-hydrogen) atoms. The Bertz CT molecular complexity index is 1390. The molecule has 2 heterocycles. The van der Waals surface area contributed by atoms with Crippen LogP contribution in [0.3, 0.4) is 0 Å². The molecular formula is C26H26F2N6O4. The number of carbonyl (C=O) groups excluding carboxylic acids is 2. The van der Waals surface area contributed by atoms with Crippen molar-refractivity contribution >= 4 is 17.8 Å². The highest BCUT2D eigenvalue weighted by atomic mass is 19.1. The molecule has 1 aliphatic heterocycles. The van der Waals surface area contributed by atoms with E-state index in [0.717, 1.165) is 11.8 Å². The number of anilines is 1. The molecule has 12 heteroatoms. The first-order valence-corrected chi connectivity index (χ1v) is 11.7. The van der Waals surface area contributed by atoms with E-state index in [0.29, 0.717) is 11.1 Å². The second-order valence-corrected chi connectivity index (χ2v) is 9.03. The molecule has 1 aliphatic rings. The zero-order valence-electron chi connectivity index (χ0n) is 20.5. The van der Waals surface area contributed by atoms with Crippen LogP contribution in [0.4, 0.5) is 19.4 Å². The van der Waals surface area contributed by atoms with Gasteiger partial charge in [0.1, 0.15) is 28.8 Å². The van der Waals surface area contributed by atoms with Crippen molar-refractivity contribution < 1.29 is 28.2 Å². The quantitative estimate of drug-likeness (QED) is 0.428. The summed E-state index contributed by atoms with van der Waals surface area (Å²) in [5, 5.41) is 26.4. The van der Waals surface area contributed by atoms with Gasteiger partial charge in [-0.3, -0.25) is 19.7 Å². The average molecular weight is 525 g/mol. The number of hydrogen-bond acceptors (Lipinski definition) is 7. The summed E-state index contributed by atoms with van der Waals surface area (Å²) in [7, 11) is 1.12. The maximum Gasteiger partial charge on any atom is 0.412 e. The summed E-state index contributed by atoms with van der Waals surface area (Å²) in [6, 6.07) is 13.5. The van der Waals surface area contributed by atoms with Gasteiger partial charge >= 0.3 is 6.09 Å². The van der Waals surface area contributed by atoms with Crippen LogP contribution in [0.5, 0.6) is 5.75 Å². The van der Waals surface area contributed by atoms with Crippen molar-refractivity contribution in [1.82, 2.24) is 14.7 Å². The van der Waals surface area contributed by atoms with Gasteiger partial charge in [0.05, 0.1) is 19.6 Å². The Balaban J connectivity index is 1.57. The van der Waals surface area contributed by atoms with Gasteiger partial charge in [-0.15, -0.1) is 0 Å². The number of halogens is 2. The molecule has 4 N–H and O–H groups in total. The average Bonchev–Trinajstić information content (AvgIpc) is 3.32. The standard InChI is InChI=1S/C26H26F2N6O4/c1-38-25(37)31-24-19(23(30)36)14-34(32-24)26(7-9-29)8-10-33(15-22(26)28)13-17-11-21(35)18(12-20(17)27)16-5-3-2-4-6-16/h2-6,11-12,14,22,35H,7-8,10,13,15H2,1H3,(H2,30,36)(H,31,32,37). The first-order chi connectivity index (χ1) is 18.2. The van der Waals surface area contributed by atoms with Crippen LogP contribution in [-0.2, 0) is 16.8 Å². The van der Waals surface area contributed by atoms with E-state index in [1.54, 1.807) is 29.2 Å². The van der Waals surface area contributed by atoms with Crippen molar-refractivity contribution in [2.24, 2.45) is 5.73 Å². The highest BCUT2D eigenvalue weighted by molar-refractivity contribution is 6.00. The number of amides is 2. The number of alkyl halides is 1. The normalized spacial score (nSPS) is 19.5. The molecule has 2 unspecified atom stereocenters. The maximum atomic E-state index is 15.8. The predicted octanol–water partition coefficient (Wildman–Crippen LogP) is 3.52. The van der Waals surface area contributed by atoms with Crippen molar-refractivity contribution in [2.45, 2.75) is 31.1 Å². The maximum absolute atomic E-state index is 15.8. The minimum Gasteiger partial charge on any atom is -0.507 e. The fourth-order valence-corrected chi connectivity index (χ4v) is 4.65. The van der Waals surface area contributed by atoms with Gasteiger partial charge < -0.3 is 15.6 Å². The Kier molecular flexibility index (Phi) is 7.59.